The quantitative estimate of drug-likeness (QED) is 0.723. The third-order valence-electron chi connectivity index (χ3n) is 5.34. The van der Waals surface area contributed by atoms with Gasteiger partial charge in [-0.05, 0) is 56.3 Å². The molecule has 4 bridgehead atoms. The molecule has 4 fully saturated rings. The third-order valence-corrected chi connectivity index (χ3v) is 5.34. The van der Waals surface area contributed by atoms with Gasteiger partial charge in [0.05, 0.1) is 5.69 Å². The SMILES string of the molecule is Nc1cc(C23CC4CC(CC(C4)C2)C3)n(N)n1. The van der Waals surface area contributed by atoms with Crippen molar-refractivity contribution in [1.82, 2.24) is 9.89 Å². The third kappa shape index (κ3) is 1.27. The van der Waals surface area contributed by atoms with Crippen molar-refractivity contribution in [3.8, 4) is 0 Å². The number of hydrogen-bond acceptors (Lipinski definition) is 3. The molecular formula is C13H20N4. The van der Waals surface area contributed by atoms with Crippen molar-refractivity contribution in [2.45, 2.75) is 43.9 Å². The average Bonchev–Trinajstić information content (AvgIpc) is 2.56. The van der Waals surface area contributed by atoms with Gasteiger partial charge in [0.1, 0.15) is 5.82 Å². The Kier molecular flexibility index (Phi) is 1.72. The first-order valence-corrected chi connectivity index (χ1v) is 6.76. The van der Waals surface area contributed by atoms with E-state index in [1.807, 2.05) is 6.07 Å². The minimum absolute atomic E-state index is 0.300. The fraction of sp³-hybridized carbons (Fsp3) is 0.769. The standard InChI is InChI=1S/C13H20N4/c14-12-4-11(17(15)16-12)13-5-8-1-9(6-13)3-10(2-8)7-13/h4,8-10H,1-3,5-7,15H2,(H2,14,16). The summed E-state index contributed by atoms with van der Waals surface area (Å²) < 4.78 is 0. The van der Waals surface area contributed by atoms with Crippen LogP contribution in [0.4, 0.5) is 5.82 Å². The zero-order chi connectivity index (χ0) is 11.6. The van der Waals surface area contributed by atoms with Crippen LogP contribution >= 0.6 is 0 Å². The van der Waals surface area contributed by atoms with E-state index in [1.165, 1.54) is 44.2 Å². The molecule has 0 saturated heterocycles. The van der Waals surface area contributed by atoms with Gasteiger partial charge >= 0.3 is 0 Å². The van der Waals surface area contributed by atoms with E-state index in [0.29, 0.717) is 11.2 Å². The highest BCUT2D eigenvalue weighted by Gasteiger charge is 2.52. The maximum Gasteiger partial charge on any atom is 0.147 e. The Morgan fingerprint density at radius 3 is 2.06 bits per heavy atom. The van der Waals surface area contributed by atoms with E-state index in [-0.39, 0.29) is 0 Å². The predicted molar refractivity (Wildman–Crippen MR) is 66.6 cm³/mol. The van der Waals surface area contributed by atoms with Gasteiger partial charge in [0, 0.05) is 11.5 Å². The van der Waals surface area contributed by atoms with Gasteiger partial charge in [-0.1, -0.05) is 0 Å². The van der Waals surface area contributed by atoms with Gasteiger partial charge in [-0.2, -0.15) is 4.79 Å². The second kappa shape index (κ2) is 2.98. The Morgan fingerprint density at radius 1 is 1.12 bits per heavy atom. The van der Waals surface area contributed by atoms with Gasteiger partial charge in [-0.25, -0.2) is 0 Å². The number of nitrogens with zero attached hydrogens (tertiary/aromatic N) is 2. The highest BCUT2D eigenvalue weighted by Crippen LogP contribution is 2.60. The van der Waals surface area contributed by atoms with Crippen LogP contribution in [0.5, 0.6) is 0 Å². The van der Waals surface area contributed by atoms with Crippen LogP contribution in [0.15, 0.2) is 6.07 Å². The zero-order valence-electron chi connectivity index (χ0n) is 10.1. The molecule has 4 aliphatic carbocycles. The highest BCUT2D eigenvalue weighted by atomic mass is 15.5. The molecule has 0 unspecified atom stereocenters. The van der Waals surface area contributed by atoms with Gasteiger partial charge in [0.15, 0.2) is 0 Å². The number of nitrogen functional groups attached to an aromatic ring is 2. The number of nitrogens with two attached hydrogens (primary N) is 2. The van der Waals surface area contributed by atoms with Gasteiger partial charge in [0.25, 0.3) is 0 Å². The molecule has 0 radical (unpaired) electrons. The van der Waals surface area contributed by atoms with E-state index in [9.17, 15) is 0 Å². The van der Waals surface area contributed by atoms with Crippen molar-refractivity contribution < 1.29 is 0 Å². The largest absolute Gasteiger partial charge is 0.382 e. The highest BCUT2D eigenvalue weighted by molar-refractivity contribution is 5.35. The van der Waals surface area contributed by atoms with Crippen molar-refractivity contribution >= 4 is 5.82 Å². The number of hydrogen-bond donors (Lipinski definition) is 2. The topological polar surface area (TPSA) is 69.9 Å². The first kappa shape index (κ1) is 9.80. The molecule has 4 saturated carbocycles. The molecule has 5 rings (SSSR count). The fourth-order valence-electron chi connectivity index (χ4n) is 5.23. The molecule has 92 valence electrons. The summed E-state index contributed by atoms with van der Waals surface area (Å²) in [5.41, 5.74) is 7.27. The minimum Gasteiger partial charge on any atom is -0.382 e. The summed E-state index contributed by atoms with van der Waals surface area (Å²) in [6.45, 7) is 0. The van der Waals surface area contributed by atoms with E-state index >= 15 is 0 Å². The lowest BCUT2D eigenvalue weighted by molar-refractivity contribution is -0.00856. The number of rotatable bonds is 1. The van der Waals surface area contributed by atoms with Crippen LogP contribution < -0.4 is 11.6 Å². The van der Waals surface area contributed by atoms with Crippen molar-refractivity contribution in [3.63, 3.8) is 0 Å². The lowest BCUT2D eigenvalue weighted by Gasteiger charge is -2.56. The van der Waals surface area contributed by atoms with Crippen molar-refractivity contribution in [1.29, 1.82) is 0 Å². The van der Waals surface area contributed by atoms with E-state index in [4.69, 9.17) is 11.6 Å². The normalized spacial score (nSPS) is 43.2. The summed E-state index contributed by atoms with van der Waals surface area (Å²) in [4.78, 5) is 1.54. The second-order valence-electron chi connectivity index (χ2n) is 6.60. The summed E-state index contributed by atoms with van der Waals surface area (Å²) in [6.07, 6.45) is 8.28. The molecule has 4 aliphatic rings. The molecule has 0 amide bonds. The molecule has 0 aromatic carbocycles. The van der Waals surface area contributed by atoms with E-state index in [1.54, 1.807) is 4.79 Å². The van der Waals surface area contributed by atoms with Crippen molar-refractivity contribution in [2.75, 3.05) is 11.6 Å². The average molecular weight is 232 g/mol. The molecule has 0 aliphatic heterocycles. The molecule has 1 aromatic heterocycles. The summed E-state index contributed by atoms with van der Waals surface area (Å²) in [5, 5.41) is 4.14. The van der Waals surface area contributed by atoms with Crippen LogP contribution in [0.3, 0.4) is 0 Å². The molecule has 4 heteroatoms. The Morgan fingerprint density at radius 2 is 1.65 bits per heavy atom. The summed E-state index contributed by atoms with van der Waals surface area (Å²) >= 11 is 0. The summed E-state index contributed by atoms with van der Waals surface area (Å²) in [5.74, 6) is 9.34. The Balaban J connectivity index is 1.79. The van der Waals surface area contributed by atoms with Crippen LogP contribution in [-0.2, 0) is 5.41 Å². The predicted octanol–water partition coefficient (Wildman–Crippen LogP) is 1.65. The molecule has 4 N–H and O–H groups in total. The van der Waals surface area contributed by atoms with Crippen molar-refractivity contribution in [2.24, 2.45) is 17.8 Å². The fourth-order valence-corrected chi connectivity index (χ4v) is 5.23. The minimum atomic E-state index is 0.300. The zero-order valence-corrected chi connectivity index (χ0v) is 10.1. The first-order chi connectivity index (χ1) is 8.14. The smallest absolute Gasteiger partial charge is 0.147 e. The Bertz CT molecular complexity index is 427. The van der Waals surface area contributed by atoms with Crippen LogP contribution in [0.2, 0.25) is 0 Å². The molecule has 1 heterocycles. The van der Waals surface area contributed by atoms with Crippen LogP contribution in [-0.4, -0.2) is 9.89 Å². The lowest BCUT2D eigenvalue weighted by atomic mass is 9.49. The van der Waals surface area contributed by atoms with Crippen molar-refractivity contribution in [3.05, 3.63) is 11.8 Å². The molecule has 1 aromatic rings. The van der Waals surface area contributed by atoms with Gasteiger partial charge in [-0.15, -0.1) is 5.10 Å². The summed E-state index contributed by atoms with van der Waals surface area (Å²) in [6, 6.07) is 2.01. The van der Waals surface area contributed by atoms with Crippen LogP contribution in [0.25, 0.3) is 0 Å². The molecule has 17 heavy (non-hydrogen) atoms. The maximum absolute atomic E-state index is 5.99. The Hall–Kier alpha value is -1.19. The van der Waals surface area contributed by atoms with Gasteiger partial charge in [0.2, 0.25) is 0 Å². The van der Waals surface area contributed by atoms with Crippen LogP contribution in [0, 0.1) is 17.8 Å². The van der Waals surface area contributed by atoms with Gasteiger partial charge < -0.3 is 11.6 Å². The lowest BCUT2D eigenvalue weighted by Crippen LogP contribution is -2.49. The maximum atomic E-state index is 5.99. The molecule has 4 nitrogen and oxygen atoms in total. The van der Waals surface area contributed by atoms with E-state index in [2.05, 4.69) is 5.10 Å². The molecule has 0 spiro atoms. The van der Waals surface area contributed by atoms with Gasteiger partial charge in [-0.3, -0.25) is 0 Å². The Labute approximate surface area is 101 Å². The number of aromatic nitrogens is 2. The first-order valence-electron chi connectivity index (χ1n) is 6.76. The summed E-state index contributed by atoms with van der Waals surface area (Å²) in [7, 11) is 0. The molecule has 0 atom stereocenters. The van der Waals surface area contributed by atoms with Crippen LogP contribution in [0.1, 0.15) is 44.2 Å². The molecular weight excluding hydrogens is 212 g/mol. The number of anilines is 1. The monoisotopic (exact) mass is 232 g/mol. The van der Waals surface area contributed by atoms with E-state index in [0.717, 1.165) is 17.8 Å². The van der Waals surface area contributed by atoms with E-state index < -0.39 is 0 Å². The second-order valence-corrected chi connectivity index (χ2v) is 6.60.